The lowest BCUT2D eigenvalue weighted by Crippen LogP contribution is -2.28. The monoisotopic (exact) mass is 352 g/mol. The molecular weight excluding hydrogens is 328 g/mol. The summed E-state index contributed by atoms with van der Waals surface area (Å²) in [4.78, 5) is 1.13. The van der Waals surface area contributed by atoms with Gasteiger partial charge in [0.15, 0.2) is 0 Å². The number of halogens is 1. The van der Waals surface area contributed by atoms with Crippen LogP contribution in [0.3, 0.4) is 0 Å². The molecule has 2 atom stereocenters. The normalized spacial score (nSPS) is 24.4. The minimum atomic E-state index is 0.107. The van der Waals surface area contributed by atoms with E-state index in [2.05, 4.69) is 13.5 Å². The number of hydrogen-bond donors (Lipinski definition) is 0. The molecule has 1 aromatic rings. The fraction of sp³-hybridized carbons (Fsp3) is 0.474. The van der Waals surface area contributed by atoms with Crippen molar-refractivity contribution in [1.82, 2.24) is 0 Å². The van der Waals surface area contributed by atoms with Crippen molar-refractivity contribution in [2.24, 2.45) is 5.92 Å². The third-order valence-electron chi connectivity index (χ3n) is 4.38. The largest absolute Gasteiger partial charge is 0.488 e. The number of thiophene rings is 1. The van der Waals surface area contributed by atoms with Crippen molar-refractivity contribution in [2.75, 3.05) is 7.11 Å². The number of hydrogen-bond acceptors (Lipinski definition) is 3. The summed E-state index contributed by atoms with van der Waals surface area (Å²) in [6.45, 7) is 8.64. The van der Waals surface area contributed by atoms with E-state index in [0.717, 1.165) is 27.8 Å². The Hall–Kier alpha value is -1.03. The predicted octanol–water partition coefficient (Wildman–Crippen LogP) is 6.14. The van der Waals surface area contributed by atoms with Crippen LogP contribution in [0.4, 0.5) is 0 Å². The first-order chi connectivity index (χ1) is 11.1. The van der Waals surface area contributed by atoms with E-state index in [1.54, 1.807) is 18.4 Å². The van der Waals surface area contributed by atoms with Gasteiger partial charge in [0.25, 0.3) is 0 Å². The Balaban J connectivity index is 2.16. The van der Waals surface area contributed by atoms with Crippen LogP contribution < -0.4 is 0 Å². The van der Waals surface area contributed by atoms with E-state index >= 15 is 0 Å². The van der Waals surface area contributed by atoms with E-state index in [1.807, 2.05) is 31.2 Å². The van der Waals surface area contributed by atoms with Gasteiger partial charge in [-0.3, -0.25) is 0 Å². The molecule has 2 nitrogen and oxygen atoms in total. The van der Waals surface area contributed by atoms with Crippen molar-refractivity contribution >= 4 is 22.9 Å². The van der Waals surface area contributed by atoms with Crippen molar-refractivity contribution in [3.8, 4) is 0 Å². The Bertz CT molecular complexity index is 600. The molecular formula is C19H25ClO2S. The Morgan fingerprint density at radius 3 is 2.83 bits per heavy atom. The van der Waals surface area contributed by atoms with Crippen molar-refractivity contribution in [1.29, 1.82) is 0 Å². The SMILES string of the molecule is C=C[C@@H]1CCC/C(=C(C)\C(=C/C)OCc2ccc(Cl)s2)[C@@H]1OC. The summed E-state index contributed by atoms with van der Waals surface area (Å²) >= 11 is 7.53. The summed E-state index contributed by atoms with van der Waals surface area (Å²) in [5.41, 5.74) is 2.52. The molecule has 0 radical (unpaired) electrons. The molecule has 0 aliphatic heterocycles. The number of methoxy groups -OCH3 is 1. The van der Waals surface area contributed by atoms with Crippen molar-refractivity contribution in [3.05, 3.63) is 57.0 Å². The van der Waals surface area contributed by atoms with Crippen LogP contribution in [0, 0.1) is 5.92 Å². The Morgan fingerprint density at radius 1 is 1.48 bits per heavy atom. The summed E-state index contributed by atoms with van der Waals surface area (Å²) < 4.78 is 12.6. The summed E-state index contributed by atoms with van der Waals surface area (Å²) in [6.07, 6.45) is 7.52. The number of rotatable bonds is 6. The molecule has 0 spiro atoms. The van der Waals surface area contributed by atoms with Gasteiger partial charge in [0.05, 0.1) is 10.4 Å². The molecule has 0 N–H and O–H groups in total. The van der Waals surface area contributed by atoms with Gasteiger partial charge in [0, 0.05) is 17.9 Å². The third kappa shape index (κ3) is 4.50. The molecule has 1 aliphatic carbocycles. The van der Waals surface area contributed by atoms with Crippen molar-refractivity contribution in [2.45, 2.75) is 45.8 Å². The number of allylic oxidation sites excluding steroid dienone is 2. The van der Waals surface area contributed by atoms with Crippen molar-refractivity contribution in [3.63, 3.8) is 0 Å². The van der Waals surface area contributed by atoms with E-state index < -0.39 is 0 Å². The van der Waals surface area contributed by atoms with Gasteiger partial charge in [-0.15, -0.1) is 17.9 Å². The minimum Gasteiger partial charge on any atom is -0.488 e. The van der Waals surface area contributed by atoms with E-state index in [0.29, 0.717) is 12.5 Å². The Morgan fingerprint density at radius 2 is 2.26 bits per heavy atom. The Kier molecular flexibility index (Phi) is 6.94. The van der Waals surface area contributed by atoms with E-state index in [9.17, 15) is 0 Å². The van der Waals surface area contributed by atoms with Gasteiger partial charge in [-0.05, 0) is 62.5 Å². The number of ether oxygens (including phenoxy) is 2. The van der Waals surface area contributed by atoms with Gasteiger partial charge >= 0.3 is 0 Å². The second kappa shape index (κ2) is 8.72. The highest BCUT2D eigenvalue weighted by molar-refractivity contribution is 7.16. The van der Waals surface area contributed by atoms with Gasteiger partial charge in [0.2, 0.25) is 0 Å². The molecule has 1 heterocycles. The maximum Gasteiger partial charge on any atom is 0.122 e. The van der Waals surface area contributed by atoms with Crippen LogP contribution in [-0.4, -0.2) is 13.2 Å². The van der Waals surface area contributed by atoms with Crippen LogP contribution in [0.2, 0.25) is 4.34 Å². The molecule has 1 aromatic heterocycles. The summed E-state index contributed by atoms with van der Waals surface area (Å²) in [5.74, 6) is 1.31. The Labute approximate surface area is 148 Å². The van der Waals surface area contributed by atoms with Gasteiger partial charge in [-0.25, -0.2) is 0 Å². The molecule has 2 rings (SSSR count). The standard InChI is InChI=1S/C19H25ClO2S/c1-5-14-8-7-9-16(19(14)21-4)13(3)17(6-2)22-12-15-10-11-18(20)23-15/h5-6,10-11,14,19H,1,7-9,12H2,2-4H3/b16-13+,17-6+/t14-,19-/m1/s1. The molecule has 0 aromatic carbocycles. The molecule has 0 bridgehead atoms. The second-order valence-electron chi connectivity index (χ2n) is 5.75. The summed E-state index contributed by atoms with van der Waals surface area (Å²) in [5, 5.41) is 0. The average molecular weight is 353 g/mol. The van der Waals surface area contributed by atoms with Crippen LogP contribution in [0.1, 0.15) is 38.0 Å². The highest BCUT2D eigenvalue weighted by Crippen LogP contribution is 2.36. The maximum absolute atomic E-state index is 6.04. The van der Waals surface area contributed by atoms with Gasteiger partial charge < -0.3 is 9.47 Å². The van der Waals surface area contributed by atoms with E-state index in [4.69, 9.17) is 21.1 Å². The first-order valence-corrected chi connectivity index (χ1v) is 9.18. The van der Waals surface area contributed by atoms with Gasteiger partial charge in [-0.1, -0.05) is 17.7 Å². The second-order valence-corrected chi connectivity index (χ2v) is 7.55. The maximum atomic E-state index is 6.04. The quantitative estimate of drug-likeness (QED) is 0.452. The molecule has 23 heavy (non-hydrogen) atoms. The van der Waals surface area contributed by atoms with Gasteiger partial charge in [-0.2, -0.15) is 0 Å². The van der Waals surface area contributed by atoms with E-state index in [1.165, 1.54) is 17.6 Å². The molecule has 0 amide bonds. The minimum absolute atomic E-state index is 0.107. The molecule has 0 unspecified atom stereocenters. The predicted molar refractivity (Wildman–Crippen MR) is 98.9 cm³/mol. The van der Waals surface area contributed by atoms with Crippen molar-refractivity contribution < 1.29 is 9.47 Å². The van der Waals surface area contributed by atoms with Crippen LogP contribution in [0.25, 0.3) is 0 Å². The lowest BCUT2D eigenvalue weighted by atomic mass is 9.80. The van der Waals surface area contributed by atoms with Gasteiger partial charge in [0.1, 0.15) is 12.4 Å². The van der Waals surface area contributed by atoms with Crippen LogP contribution in [0.5, 0.6) is 0 Å². The third-order valence-corrected chi connectivity index (χ3v) is 5.59. The van der Waals surface area contributed by atoms with E-state index in [-0.39, 0.29) is 6.10 Å². The highest BCUT2D eigenvalue weighted by atomic mass is 35.5. The fourth-order valence-corrected chi connectivity index (χ4v) is 4.18. The highest BCUT2D eigenvalue weighted by Gasteiger charge is 2.29. The molecule has 1 saturated carbocycles. The smallest absolute Gasteiger partial charge is 0.122 e. The first-order valence-electron chi connectivity index (χ1n) is 7.99. The lowest BCUT2D eigenvalue weighted by Gasteiger charge is -2.32. The zero-order valence-corrected chi connectivity index (χ0v) is 15.7. The lowest BCUT2D eigenvalue weighted by molar-refractivity contribution is 0.0780. The molecule has 1 aliphatic rings. The molecule has 126 valence electrons. The molecule has 0 saturated heterocycles. The summed E-state index contributed by atoms with van der Waals surface area (Å²) in [7, 11) is 1.78. The molecule has 1 fully saturated rings. The van der Waals surface area contributed by atoms with Crippen LogP contribution in [0.15, 0.2) is 47.8 Å². The summed E-state index contributed by atoms with van der Waals surface area (Å²) in [6, 6.07) is 3.91. The zero-order valence-electron chi connectivity index (χ0n) is 14.1. The van der Waals surface area contributed by atoms with Crippen LogP contribution >= 0.6 is 22.9 Å². The first kappa shape index (κ1) is 18.3. The zero-order chi connectivity index (χ0) is 16.8. The fourth-order valence-electron chi connectivity index (χ4n) is 3.18. The average Bonchev–Trinajstić information content (AvgIpc) is 2.99. The molecule has 4 heteroatoms. The topological polar surface area (TPSA) is 18.5 Å². The van der Waals surface area contributed by atoms with Crippen LogP contribution in [-0.2, 0) is 16.1 Å².